The van der Waals surface area contributed by atoms with Gasteiger partial charge >= 0.3 is 0 Å². The predicted octanol–water partition coefficient (Wildman–Crippen LogP) is 5.14. The first-order valence-corrected chi connectivity index (χ1v) is 6.66. The van der Waals surface area contributed by atoms with Gasteiger partial charge in [-0.2, -0.15) is 0 Å². The van der Waals surface area contributed by atoms with Crippen LogP contribution in [0.4, 0.5) is 5.82 Å². The van der Waals surface area contributed by atoms with Gasteiger partial charge in [-0.25, -0.2) is 0 Å². The molecule has 0 spiro atoms. The molecule has 0 amide bonds. The minimum atomic E-state index is 0.228. The third kappa shape index (κ3) is 2.26. The molecule has 3 aromatic rings. The molecular weight excluding hydrogens is 323 g/mol. The second kappa shape index (κ2) is 5.05. The fraction of sp³-hybridized carbons (Fsp3) is 0. The smallest absolute Gasteiger partial charge is 0.212 e. The Bertz CT molecular complexity index is 780. The van der Waals surface area contributed by atoms with Crippen molar-refractivity contribution in [1.82, 2.24) is 5.16 Å². The predicted molar refractivity (Wildman–Crippen MR) is 79.1 cm³/mol. The van der Waals surface area contributed by atoms with Crippen molar-refractivity contribution in [3.63, 3.8) is 0 Å². The standard InChI is InChI=1S/C13H7Cl3N2O2/c14-7-2-1-6(5-8(7)15)11-12(20-18-13(11)17)9-3-4-10(16)19-9/h1-5H,(H2,17,18). The molecule has 0 saturated carbocycles. The number of halogens is 3. The number of nitrogen functional groups attached to an aromatic ring is 1. The van der Waals surface area contributed by atoms with Crippen LogP contribution in [0.5, 0.6) is 0 Å². The molecule has 0 aliphatic carbocycles. The molecule has 3 rings (SSSR count). The molecule has 1 aromatic carbocycles. The van der Waals surface area contributed by atoms with E-state index in [2.05, 4.69) is 5.16 Å². The maximum atomic E-state index is 6.02. The average molecular weight is 330 g/mol. The molecular formula is C13H7Cl3N2O2. The average Bonchev–Trinajstić information content (AvgIpc) is 2.99. The zero-order chi connectivity index (χ0) is 14.3. The van der Waals surface area contributed by atoms with Gasteiger partial charge in [-0.1, -0.05) is 34.4 Å². The number of anilines is 1. The number of hydrogen-bond acceptors (Lipinski definition) is 4. The maximum Gasteiger partial charge on any atom is 0.212 e. The molecule has 0 saturated heterocycles. The fourth-order valence-electron chi connectivity index (χ4n) is 1.84. The number of benzene rings is 1. The van der Waals surface area contributed by atoms with Crippen molar-refractivity contribution in [2.75, 3.05) is 5.73 Å². The van der Waals surface area contributed by atoms with E-state index in [0.29, 0.717) is 27.1 Å². The quantitative estimate of drug-likeness (QED) is 0.706. The topological polar surface area (TPSA) is 65.2 Å². The van der Waals surface area contributed by atoms with E-state index >= 15 is 0 Å². The maximum absolute atomic E-state index is 6.02. The molecule has 2 N–H and O–H groups in total. The Morgan fingerprint density at radius 3 is 2.45 bits per heavy atom. The summed E-state index contributed by atoms with van der Waals surface area (Å²) in [5.74, 6) is 1.04. The van der Waals surface area contributed by atoms with Crippen LogP contribution in [0.25, 0.3) is 22.6 Å². The molecule has 0 radical (unpaired) electrons. The largest absolute Gasteiger partial charge is 0.441 e. The third-order valence-electron chi connectivity index (χ3n) is 2.72. The highest BCUT2D eigenvalue weighted by atomic mass is 35.5. The van der Waals surface area contributed by atoms with E-state index < -0.39 is 0 Å². The summed E-state index contributed by atoms with van der Waals surface area (Å²) >= 11 is 17.7. The molecule has 0 aliphatic rings. The number of aromatic nitrogens is 1. The number of hydrogen-bond donors (Lipinski definition) is 1. The van der Waals surface area contributed by atoms with Gasteiger partial charge in [-0.05, 0) is 41.4 Å². The first kappa shape index (κ1) is 13.4. The van der Waals surface area contributed by atoms with E-state index in [0.717, 1.165) is 5.56 Å². The molecule has 20 heavy (non-hydrogen) atoms. The molecule has 2 aromatic heterocycles. The Morgan fingerprint density at radius 1 is 1.00 bits per heavy atom. The fourth-order valence-corrected chi connectivity index (χ4v) is 2.28. The first-order valence-electron chi connectivity index (χ1n) is 5.52. The first-order chi connectivity index (χ1) is 9.56. The van der Waals surface area contributed by atoms with Gasteiger partial charge in [0.1, 0.15) is 0 Å². The van der Waals surface area contributed by atoms with Crippen LogP contribution < -0.4 is 5.73 Å². The lowest BCUT2D eigenvalue weighted by Crippen LogP contribution is -1.88. The Morgan fingerprint density at radius 2 is 1.80 bits per heavy atom. The molecule has 0 bridgehead atoms. The van der Waals surface area contributed by atoms with Crippen molar-refractivity contribution in [2.24, 2.45) is 0 Å². The number of furan rings is 1. The van der Waals surface area contributed by atoms with E-state index in [1.54, 1.807) is 30.3 Å². The number of nitrogens with zero attached hydrogens (tertiary/aromatic N) is 1. The van der Waals surface area contributed by atoms with Crippen LogP contribution >= 0.6 is 34.8 Å². The van der Waals surface area contributed by atoms with Crippen molar-refractivity contribution in [3.05, 3.63) is 45.6 Å². The second-order valence-electron chi connectivity index (χ2n) is 4.00. The monoisotopic (exact) mass is 328 g/mol. The van der Waals surface area contributed by atoms with E-state index in [1.807, 2.05) is 0 Å². The van der Waals surface area contributed by atoms with Gasteiger partial charge < -0.3 is 14.7 Å². The molecule has 7 heteroatoms. The number of rotatable bonds is 2. The minimum absolute atomic E-state index is 0.228. The van der Waals surface area contributed by atoms with Gasteiger partial charge in [-0.15, -0.1) is 0 Å². The van der Waals surface area contributed by atoms with Crippen molar-refractivity contribution < 1.29 is 8.94 Å². The zero-order valence-electron chi connectivity index (χ0n) is 9.86. The molecule has 0 unspecified atom stereocenters. The summed E-state index contributed by atoms with van der Waals surface area (Å²) in [4.78, 5) is 0. The Kier molecular flexibility index (Phi) is 3.38. The third-order valence-corrected chi connectivity index (χ3v) is 3.67. The van der Waals surface area contributed by atoms with Gasteiger partial charge in [0.15, 0.2) is 16.8 Å². The Labute approximate surface area is 129 Å². The summed E-state index contributed by atoms with van der Waals surface area (Å²) in [6, 6.07) is 8.40. The van der Waals surface area contributed by atoms with Crippen molar-refractivity contribution in [1.29, 1.82) is 0 Å². The summed E-state index contributed by atoms with van der Waals surface area (Å²) in [7, 11) is 0. The van der Waals surface area contributed by atoms with E-state index in [1.165, 1.54) is 0 Å². The molecule has 0 aliphatic heterocycles. The lowest BCUT2D eigenvalue weighted by Gasteiger charge is -2.03. The summed E-state index contributed by atoms with van der Waals surface area (Å²) < 4.78 is 10.5. The molecule has 0 atom stereocenters. The van der Waals surface area contributed by atoms with Crippen LogP contribution in [-0.4, -0.2) is 5.16 Å². The SMILES string of the molecule is Nc1noc(-c2ccc(Cl)o2)c1-c1ccc(Cl)c(Cl)c1. The highest BCUT2D eigenvalue weighted by molar-refractivity contribution is 6.42. The van der Waals surface area contributed by atoms with Crippen LogP contribution in [0.3, 0.4) is 0 Å². The Hall–Kier alpha value is -1.62. The van der Waals surface area contributed by atoms with E-state index in [-0.39, 0.29) is 11.0 Å². The van der Waals surface area contributed by atoms with E-state index in [9.17, 15) is 0 Å². The van der Waals surface area contributed by atoms with Crippen LogP contribution in [0.1, 0.15) is 0 Å². The van der Waals surface area contributed by atoms with Crippen LogP contribution in [0.2, 0.25) is 15.3 Å². The highest BCUT2D eigenvalue weighted by Crippen LogP contribution is 2.39. The molecule has 2 heterocycles. The Balaban J connectivity index is 2.18. The summed E-state index contributed by atoms with van der Waals surface area (Å²) in [5, 5.41) is 4.86. The summed E-state index contributed by atoms with van der Waals surface area (Å²) in [5.41, 5.74) is 7.15. The van der Waals surface area contributed by atoms with Gasteiger partial charge in [-0.3, -0.25) is 0 Å². The van der Waals surface area contributed by atoms with Crippen molar-refractivity contribution in [3.8, 4) is 22.6 Å². The second-order valence-corrected chi connectivity index (χ2v) is 5.19. The normalized spacial score (nSPS) is 10.9. The van der Waals surface area contributed by atoms with E-state index in [4.69, 9.17) is 49.5 Å². The van der Waals surface area contributed by atoms with Gasteiger partial charge in [0, 0.05) is 0 Å². The van der Waals surface area contributed by atoms with Crippen molar-refractivity contribution >= 4 is 40.6 Å². The summed E-state index contributed by atoms with van der Waals surface area (Å²) in [6.45, 7) is 0. The van der Waals surface area contributed by atoms with Crippen LogP contribution in [0, 0.1) is 0 Å². The van der Waals surface area contributed by atoms with Crippen LogP contribution in [0.15, 0.2) is 39.3 Å². The van der Waals surface area contributed by atoms with Gasteiger partial charge in [0.25, 0.3) is 0 Å². The van der Waals surface area contributed by atoms with Gasteiger partial charge in [0.2, 0.25) is 5.76 Å². The number of nitrogens with two attached hydrogens (primary N) is 1. The minimum Gasteiger partial charge on any atom is -0.441 e. The highest BCUT2D eigenvalue weighted by Gasteiger charge is 2.20. The van der Waals surface area contributed by atoms with Crippen LogP contribution in [-0.2, 0) is 0 Å². The molecule has 0 fully saturated rings. The lowest BCUT2D eigenvalue weighted by atomic mass is 10.0. The van der Waals surface area contributed by atoms with Gasteiger partial charge in [0.05, 0.1) is 15.6 Å². The summed E-state index contributed by atoms with van der Waals surface area (Å²) in [6.07, 6.45) is 0. The lowest BCUT2D eigenvalue weighted by molar-refractivity contribution is 0.421. The van der Waals surface area contributed by atoms with Crippen molar-refractivity contribution in [2.45, 2.75) is 0 Å². The molecule has 4 nitrogen and oxygen atoms in total. The molecule has 102 valence electrons. The zero-order valence-corrected chi connectivity index (χ0v) is 12.1.